The highest BCUT2D eigenvalue weighted by atomic mass is 32.1. The minimum Gasteiger partial charge on any atom is -0.304 e. The lowest BCUT2D eigenvalue weighted by molar-refractivity contribution is -0.124. The van der Waals surface area contributed by atoms with E-state index in [4.69, 9.17) is 9.97 Å². The highest BCUT2D eigenvalue weighted by molar-refractivity contribution is 7.20. The fraction of sp³-hybridized carbons (Fsp3) is 0.696. The van der Waals surface area contributed by atoms with Gasteiger partial charge in [0.05, 0.1) is 43.0 Å². The molecule has 0 saturated heterocycles. The predicted molar refractivity (Wildman–Crippen MR) is 452 cm³/mol. The molecule has 2 aliphatic heterocycles. The predicted octanol–water partition coefficient (Wildman–Crippen LogP) is 30.4. The van der Waals surface area contributed by atoms with Crippen LogP contribution < -0.4 is 0 Å². The van der Waals surface area contributed by atoms with Crippen LogP contribution in [0.25, 0.3) is 52.7 Å². The summed E-state index contributed by atoms with van der Waals surface area (Å²) >= 11 is 7.32. The van der Waals surface area contributed by atoms with Gasteiger partial charge in [0, 0.05) is 32.6 Å². The van der Waals surface area contributed by atoms with Crippen molar-refractivity contribution < 1.29 is 9.59 Å². The van der Waals surface area contributed by atoms with Gasteiger partial charge in [-0.2, -0.15) is 0 Å². The van der Waals surface area contributed by atoms with Gasteiger partial charge in [0.15, 0.2) is 0 Å². The summed E-state index contributed by atoms with van der Waals surface area (Å²) in [5, 5.41) is 1.58. The Balaban J connectivity index is 1.20. The number of thiophene rings is 2. The van der Waals surface area contributed by atoms with Crippen molar-refractivity contribution >= 4 is 89.0 Å². The van der Waals surface area contributed by atoms with Crippen molar-refractivity contribution in [3.63, 3.8) is 0 Å². The molecule has 0 N–H and O–H groups in total. The van der Waals surface area contributed by atoms with Crippen molar-refractivity contribution in [2.75, 3.05) is 13.1 Å². The van der Waals surface area contributed by atoms with E-state index in [-0.39, 0.29) is 22.6 Å². The van der Waals surface area contributed by atoms with E-state index in [1.165, 1.54) is 273 Å². The van der Waals surface area contributed by atoms with E-state index in [9.17, 15) is 0 Å². The Morgan fingerprint density at radius 2 is 0.618 bits per heavy atom. The van der Waals surface area contributed by atoms with Crippen molar-refractivity contribution in [2.45, 2.75) is 389 Å². The summed E-state index contributed by atoms with van der Waals surface area (Å²) in [6, 6.07) is 18.8. The number of carbonyl (C=O) groups excluding carboxylic acids is 2. The Bertz CT molecular complexity index is 3270. The number of thiazole rings is 2. The topological polar surface area (TPSA) is 66.4 Å². The first kappa shape index (κ1) is 83.7. The first-order chi connectivity index (χ1) is 49.5. The summed E-state index contributed by atoms with van der Waals surface area (Å²) < 4.78 is 2.21. The Kier molecular flexibility index (Phi) is 36.4. The van der Waals surface area contributed by atoms with Crippen molar-refractivity contribution in [3.8, 4) is 20.9 Å². The number of benzene rings is 2. The summed E-state index contributed by atoms with van der Waals surface area (Å²) in [6.07, 6.45) is 58.0. The Morgan fingerprint density at radius 3 is 0.912 bits per heavy atom. The zero-order chi connectivity index (χ0) is 72.7. The van der Waals surface area contributed by atoms with E-state index in [0.717, 1.165) is 106 Å². The number of amides is 2. The molecule has 8 rings (SSSR count). The van der Waals surface area contributed by atoms with Crippen LogP contribution in [0.3, 0.4) is 0 Å². The second kappa shape index (κ2) is 44.4. The average Bonchev–Trinajstić information content (AvgIpc) is 1.55. The van der Waals surface area contributed by atoms with Gasteiger partial charge in [-0.25, -0.2) is 9.97 Å². The number of fused-ring (bicyclic) bond motifs is 3. The van der Waals surface area contributed by atoms with E-state index in [1.54, 1.807) is 22.7 Å². The van der Waals surface area contributed by atoms with E-state index in [0.29, 0.717) is 36.1 Å². The molecule has 0 saturated carbocycles. The van der Waals surface area contributed by atoms with Gasteiger partial charge in [0.25, 0.3) is 11.8 Å². The first-order valence-corrected chi connectivity index (χ1v) is 46.0. The first-order valence-electron chi connectivity index (χ1n) is 42.7. The fourth-order valence-corrected chi connectivity index (χ4v) is 20.9. The molecule has 0 bridgehead atoms. The Labute approximate surface area is 639 Å². The van der Waals surface area contributed by atoms with Crippen LogP contribution in [0.1, 0.15) is 396 Å². The van der Waals surface area contributed by atoms with Crippen LogP contribution in [0.4, 0.5) is 0 Å². The van der Waals surface area contributed by atoms with Gasteiger partial charge in [-0.1, -0.05) is 339 Å². The second-order valence-corrected chi connectivity index (χ2v) is 37.7. The van der Waals surface area contributed by atoms with Gasteiger partial charge in [0.1, 0.15) is 10.0 Å². The van der Waals surface area contributed by atoms with E-state index >= 15 is 9.59 Å². The van der Waals surface area contributed by atoms with Crippen LogP contribution in [0, 0.1) is 11.8 Å². The molecule has 102 heavy (non-hydrogen) atoms. The van der Waals surface area contributed by atoms with Crippen LogP contribution in [0.5, 0.6) is 0 Å². The van der Waals surface area contributed by atoms with Crippen LogP contribution in [-0.4, -0.2) is 44.7 Å². The molecule has 6 heterocycles. The van der Waals surface area contributed by atoms with Crippen LogP contribution in [0.15, 0.2) is 59.7 Å². The fourth-order valence-electron chi connectivity index (χ4n) is 16.3. The molecule has 6 aromatic rings. The molecular weight excluding hydrogens is 1320 g/mol. The molecule has 2 atom stereocenters. The lowest BCUT2D eigenvalue weighted by Gasteiger charge is -2.29. The normalized spacial score (nSPS) is 14.4. The number of rotatable bonds is 54. The van der Waals surface area contributed by atoms with Crippen molar-refractivity contribution in [3.05, 3.63) is 90.6 Å². The molecule has 566 valence electrons. The third-order valence-electron chi connectivity index (χ3n) is 22.3. The molecule has 2 unspecified atom stereocenters. The minimum absolute atomic E-state index is 0.0332. The molecule has 0 fully saturated rings. The zero-order valence-electron chi connectivity index (χ0n) is 67.0. The van der Waals surface area contributed by atoms with E-state index in [2.05, 4.69) is 141 Å². The number of carbonyl (C=O) groups is 2. The van der Waals surface area contributed by atoms with E-state index in [1.807, 2.05) is 22.7 Å². The summed E-state index contributed by atoms with van der Waals surface area (Å²) in [6.45, 7) is 29.3. The Hall–Kier alpha value is -3.96. The van der Waals surface area contributed by atoms with Crippen LogP contribution >= 0.6 is 45.3 Å². The molecule has 0 radical (unpaired) electrons. The van der Waals surface area contributed by atoms with Crippen molar-refractivity contribution in [1.82, 2.24) is 19.8 Å². The molecule has 0 aliphatic carbocycles. The lowest BCUT2D eigenvalue weighted by Crippen LogP contribution is -2.35. The molecule has 2 aromatic carbocycles. The minimum atomic E-state index is -0.0332. The quantitative estimate of drug-likeness (QED) is 0.0357. The molecule has 2 amide bonds. The summed E-state index contributed by atoms with van der Waals surface area (Å²) in [4.78, 5) is 54.1. The largest absolute Gasteiger partial charge is 0.304 e. The third kappa shape index (κ3) is 25.1. The average molecular weight is 1460 g/mol. The van der Waals surface area contributed by atoms with Crippen LogP contribution in [-0.2, 0) is 33.3 Å². The summed E-state index contributed by atoms with van der Waals surface area (Å²) in [5.74, 6) is 0.554. The standard InChI is InChI=1S/C92H142N4O2S4/c1-13-19-25-31-35-37-39-41-45-51-57-73-65-77(99-85(73)91(7,8)9)71-59-61-75-79(63-71)101-87(93-75)83-81-82(90(98)95(83)67-69(53-47-29-23-17-5)55-49-43-33-27-21-15-3)84(96(89(81)97)68-70(54-48-30-24-18-6)56-50-44-34-28-22-16-4)88-94-76-62-60-72(64-80(76)102-88)78-66-74(86(100-78)92(10,11)12)58-52-46-42-40-38-36-32-26-20-14-2/h59-66,69-70H,13-58,67-68H2,1-12H3. The van der Waals surface area contributed by atoms with Gasteiger partial charge < -0.3 is 9.80 Å². The lowest BCUT2D eigenvalue weighted by atomic mass is 9.90. The van der Waals surface area contributed by atoms with Gasteiger partial charge in [-0.15, -0.1) is 45.3 Å². The van der Waals surface area contributed by atoms with Gasteiger partial charge in [0.2, 0.25) is 0 Å². The number of aryl methyl sites for hydroxylation is 2. The highest BCUT2D eigenvalue weighted by Crippen LogP contribution is 2.51. The summed E-state index contributed by atoms with van der Waals surface area (Å²) in [7, 11) is 0. The summed E-state index contributed by atoms with van der Waals surface area (Å²) in [5.41, 5.74) is 10.0. The number of nitrogens with zero attached hydrogens (tertiary/aromatic N) is 4. The second-order valence-electron chi connectivity index (χ2n) is 33.5. The number of unbranched alkanes of at least 4 members (excludes halogenated alkanes) is 34. The molecule has 10 heteroatoms. The number of aromatic nitrogens is 2. The molecule has 4 aromatic heterocycles. The van der Waals surface area contributed by atoms with Gasteiger partial charge >= 0.3 is 0 Å². The van der Waals surface area contributed by atoms with Crippen molar-refractivity contribution in [1.29, 1.82) is 0 Å². The zero-order valence-corrected chi connectivity index (χ0v) is 70.2. The maximum Gasteiger partial charge on any atom is 0.261 e. The van der Waals surface area contributed by atoms with Crippen LogP contribution in [0.2, 0.25) is 0 Å². The molecule has 0 spiro atoms. The van der Waals surface area contributed by atoms with E-state index < -0.39 is 0 Å². The van der Waals surface area contributed by atoms with Gasteiger partial charge in [-0.3, -0.25) is 9.59 Å². The highest BCUT2D eigenvalue weighted by Gasteiger charge is 2.51. The van der Waals surface area contributed by atoms with Crippen molar-refractivity contribution in [2.24, 2.45) is 11.8 Å². The number of hydrogen-bond acceptors (Lipinski definition) is 8. The Morgan fingerprint density at radius 1 is 0.343 bits per heavy atom. The van der Waals surface area contributed by atoms with Gasteiger partial charge in [-0.05, 0) is 133 Å². The monoisotopic (exact) mass is 1460 g/mol. The SMILES string of the molecule is CCCCCCCCCCCCc1cc(-c2ccc3nc(C4=C5C(=O)N(CC(CCCCCC)CCCCCCCC)C(c6nc7ccc(-c8cc(CCCCCCCCCCCC)c(C(C)(C)C)s8)cc7s6)=C5C(=O)N4CC(CCCCCC)CCCCCCCC)sc3c2)sc1C(C)(C)C. The molecule has 6 nitrogen and oxygen atoms in total. The molecule has 2 aliphatic rings. The maximum absolute atomic E-state index is 16.5. The molecular formula is C92H142N4O2S4. The third-order valence-corrected chi connectivity index (χ3v) is 27.6. The smallest absolute Gasteiger partial charge is 0.261 e. The maximum atomic E-state index is 16.5. The number of hydrogen-bond donors (Lipinski definition) is 0.